The second-order valence-electron chi connectivity index (χ2n) is 7.24. The normalized spacial score (nSPS) is 15.9. The Hall–Kier alpha value is -2.04. The lowest BCUT2D eigenvalue weighted by Gasteiger charge is -2.18. The fourth-order valence-electron chi connectivity index (χ4n) is 3.02. The molecular formula is C21H34IN5O3. The Balaban J connectivity index is 0.00000450. The van der Waals surface area contributed by atoms with E-state index < -0.39 is 0 Å². The van der Waals surface area contributed by atoms with Gasteiger partial charge in [0.1, 0.15) is 5.75 Å². The summed E-state index contributed by atoms with van der Waals surface area (Å²) in [6.07, 6.45) is 1.46. The highest BCUT2D eigenvalue weighted by Crippen LogP contribution is 2.14. The van der Waals surface area contributed by atoms with Crippen LogP contribution in [0.25, 0.3) is 0 Å². The molecule has 30 heavy (non-hydrogen) atoms. The van der Waals surface area contributed by atoms with Crippen molar-refractivity contribution in [3.05, 3.63) is 29.8 Å². The van der Waals surface area contributed by atoms with Gasteiger partial charge in [-0.15, -0.1) is 24.0 Å². The van der Waals surface area contributed by atoms with Gasteiger partial charge in [0.2, 0.25) is 5.91 Å². The molecule has 2 amide bonds. The Kier molecular flexibility index (Phi) is 11.5. The number of halogens is 1. The molecular weight excluding hydrogens is 497 g/mol. The van der Waals surface area contributed by atoms with Crippen LogP contribution in [0.15, 0.2) is 29.3 Å². The average Bonchev–Trinajstić information content (AvgIpc) is 3.18. The number of amides is 2. The second kappa shape index (κ2) is 13.3. The van der Waals surface area contributed by atoms with Gasteiger partial charge in [-0.3, -0.25) is 9.59 Å². The minimum Gasteiger partial charge on any atom is -0.484 e. The second-order valence-corrected chi connectivity index (χ2v) is 7.24. The zero-order chi connectivity index (χ0) is 21.2. The molecule has 2 rings (SSSR count). The van der Waals surface area contributed by atoms with E-state index in [4.69, 9.17) is 4.74 Å². The zero-order valence-electron chi connectivity index (χ0n) is 18.3. The molecule has 9 heteroatoms. The van der Waals surface area contributed by atoms with Crippen molar-refractivity contribution in [1.29, 1.82) is 0 Å². The van der Waals surface area contributed by atoms with E-state index >= 15 is 0 Å². The summed E-state index contributed by atoms with van der Waals surface area (Å²) in [5, 5.41) is 6.69. The van der Waals surface area contributed by atoms with Gasteiger partial charge >= 0.3 is 0 Å². The van der Waals surface area contributed by atoms with E-state index in [-0.39, 0.29) is 48.4 Å². The monoisotopic (exact) mass is 531 g/mol. The summed E-state index contributed by atoms with van der Waals surface area (Å²) in [7, 11) is 3.40. The standard InChI is InChI=1S/C21H33N5O3.HI/c1-5-19(27)26-11-10-17(14-26)24-21(22-6-2)23-13-16-8-7-9-18(12-16)29-15-20(28)25(3)4;/h7-9,12,17H,5-6,10-11,13-15H2,1-4H3,(H2,22,23,24);1H. The summed E-state index contributed by atoms with van der Waals surface area (Å²) in [6, 6.07) is 7.80. The van der Waals surface area contributed by atoms with E-state index in [0.29, 0.717) is 25.3 Å². The third-order valence-corrected chi connectivity index (χ3v) is 4.71. The zero-order valence-corrected chi connectivity index (χ0v) is 20.6. The Morgan fingerprint density at radius 2 is 2.07 bits per heavy atom. The van der Waals surface area contributed by atoms with E-state index in [1.807, 2.05) is 43.0 Å². The first-order valence-electron chi connectivity index (χ1n) is 10.2. The van der Waals surface area contributed by atoms with Crippen molar-refractivity contribution in [3.8, 4) is 5.75 Å². The molecule has 0 spiro atoms. The summed E-state index contributed by atoms with van der Waals surface area (Å²) in [6.45, 7) is 6.66. The number of ether oxygens (including phenoxy) is 1. The number of carbonyl (C=O) groups is 2. The summed E-state index contributed by atoms with van der Waals surface area (Å²) < 4.78 is 5.57. The van der Waals surface area contributed by atoms with Crippen LogP contribution in [-0.2, 0) is 16.1 Å². The van der Waals surface area contributed by atoms with Crippen LogP contribution in [-0.4, -0.2) is 74.0 Å². The van der Waals surface area contributed by atoms with Gasteiger partial charge in [-0.05, 0) is 31.0 Å². The smallest absolute Gasteiger partial charge is 0.259 e. The lowest BCUT2D eigenvalue weighted by atomic mass is 10.2. The minimum absolute atomic E-state index is 0. The van der Waals surface area contributed by atoms with E-state index in [1.165, 1.54) is 4.90 Å². The highest BCUT2D eigenvalue weighted by atomic mass is 127. The maximum Gasteiger partial charge on any atom is 0.259 e. The fraction of sp³-hybridized carbons (Fsp3) is 0.571. The fourth-order valence-corrected chi connectivity index (χ4v) is 3.02. The number of aliphatic imine (C=N–C) groups is 1. The topological polar surface area (TPSA) is 86.3 Å². The summed E-state index contributed by atoms with van der Waals surface area (Å²) in [5.41, 5.74) is 0.992. The van der Waals surface area contributed by atoms with Crippen LogP contribution in [0, 0.1) is 0 Å². The van der Waals surface area contributed by atoms with E-state index in [9.17, 15) is 9.59 Å². The predicted octanol–water partition coefficient (Wildman–Crippen LogP) is 1.84. The molecule has 1 saturated heterocycles. The van der Waals surface area contributed by atoms with Gasteiger partial charge in [-0.1, -0.05) is 19.1 Å². The van der Waals surface area contributed by atoms with Crippen LogP contribution in [0.5, 0.6) is 5.75 Å². The van der Waals surface area contributed by atoms with Gasteiger partial charge in [-0.25, -0.2) is 4.99 Å². The number of likely N-dealkylation sites (N-methyl/N-ethyl adjacent to an activating group) is 1. The first-order valence-corrected chi connectivity index (χ1v) is 10.2. The summed E-state index contributed by atoms with van der Waals surface area (Å²) in [5.74, 6) is 1.49. The quantitative estimate of drug-likeness (QED) is 0.304. The minimum atomic E-state index is -0.0841. The van der Waals surface area contributed by atoms with Crippen LogP contribution >= 0.6 is 24.0 Å². The maximum absolute atomic E-state index is 11.9. The largest absolute Gasteiger partial charge is 0.484 e. The molecule has 2 N–H and O–H groups in total. The first kappa shape index (κ1) is 26.0. The van der Waals surface area contributed by atoms with E-state index in [1.54, 1.807) is 14.1 Å². The lowest BCUT2D eigenvalue weighted by Crippen LogP contribution is -2.45. The number of benzene rings is 1. The SMILES string of the molecule is CCNC(=NCc1cccc(OCC(=O)N(C)C)c1)NC1CCN(C(=O)CC)C1.I. The molecule has 1 aliphatic rings. The molecule has 1 aromatic carbocycles. The van der Waals surface area contributed by atoms with Gasteiger partial charge in [0, 0.05) is 46.2 Å². The van der Waals surface area contributed by atoms with Crippen molar-refractivity contribution in [3.63, 3.8) is 0 Å². The molecule has 0 aliphatic carbocycles. The molecule has 0 saturated carbocycles. The van der Waals surface area contributed by atoms with Gasteiger partial charge in [0.25, 0.3) is 5.91 Å². The van der Waals surface area contributed by atoms with Crippen molar-refractivity contribution in [1.82, 2.24) is 20.4 Å². The molecule has 1 atom stereocenters. The van der Waals surface area contributed by atoms with Gasteiger partial charge in [0.15, 0.2) is 12.6 Å². The molecule has 1 unspecified atom stereocenters. The van der Waals surface area contributed by atoms with E-state index in [0.717, 1.165) is 31.0 Å². The van der Waals surface area contributed by atoms with Gasteiger partial charge in [-0.2, -0.15) is 0 Å². The third-order valence-electron chi connectivity index (χ3n) is 4.71. The molecule has 0 bridgehead atoms. The molecule has 1 fully saturated rings. The number of nitrogens with zero attached hydrogens (tertiary/aromatic N) is 3. The number of rotatable bonds is 8. The Morgan fingerprint density at radius 1 is 1.30 bits per heavy atom. The molecule has 8 nitrogen and oxygen atoms in total. The molecule has 0 aromatic heterocycles. The Morgan fingerprint density at radius 3 is 2.73 bits per heavy atom. The Bertz CT molecular complexity index is 726. The Labute approximate surface area is 196 Å². The highest BCUT2D eigenvalue weighted by Gasteiger charge is 2.25. The van der Waals surface area contributed by atoms with Crippen LogP contribution in [0.3, 0.4) is 0 Å². The predicted molar refractivity (Wildman–Crippen MR) is 129 cm³/mol. The van der Waals surface area contributed by atoms with Crippen molar-refractivity contribution < 1.29 is 14.3 Å². The van der Waals surface area contributed by atoms with Crippen LogP contribution < -0.4 is 15.4 Å². The summed E-state index contributed by atoms with van der Waals surface area (Å²) in [4.78, 5) is 31.6. The van der Waals surface area contributed by atoms with Crippen molar-refractivity contribution in [2.75, 3.05) is 40.3 Å². The van der Waals surface area contributed by atoms with Gasteiger partial charge in [0.05, 0.1) is 6.54 Å². The number of likely N-dealkylation sites (tertiary alicyclic amines) is 1. The highest BCUT2D eigenvalue weighted by molar-refractivity contribution is 14.0. The number of guanidine groups is 1. The van der Waals surface area contributed by atoms with Crippen molar-refractivity contribution in [2.24, 2.45) is 4.99 Å². The molecule has 1 aliphatic heterocycles. The van der Waals surface area contributed by atoms with Gasteiger partial charge < -0.3 is 25.2 Å². The number of hydrogen-bond donors (Lipinski definition) is 2. The van der Waals surface area contributed by atoms with Crippen LogP contribution in [0.4, 0.5) is 0 Å². The molecule has 168 valence electrons. The lowest BCUT2D eigenvalue weighted by molar-refractivity contribution is -0.131. The summed E-state index contributed by atoms with van der Waals surface area (Å²) >= 11 is 0. The number of hydrogen-bond acceptors (Lipinski definition) is 4. The molecule has 1 heterocycles. The number of carbonyl (C=O) groups excluding carboxylic acids is 2. The molecule has 0 radical (unpaired) electrons. The van der Waals surface area contributed by atoms with Crippen molar-refractivity contribution >= 4 is 41.8 Å². The first-order chi connectivity index (χ1) is 13.9. The maximum atomic E-state index is 11.9. The molecule has 1 aromatic rings. The van der Waals surface area contributed by atoms with Crippen LogP contribution in [0.2, 0.25) is 0 Å². The number of nitrogens with one attached hydrogen (secondary N) is 2. The average molecular weight is 531 g/mol. The van der Waals surface area contributed by atoms with E-state index in [2.05, 4.69) is 15.6 Å². The third kappa shape index (κ3) is 8.37. The van der Waals surface area contributed by atoms with Crippen molar-refractivity contribution in [2.45, 2.75) is 39.3 Å². The van der Waals surface area contributed by atoms with Crippen LogP contribution in [0.1, 0.15) is 32.3 Å².